The van der Waals surface area contributed by atoms with Crippen molar-refractivity contribution in [3.05, 3.63) is 54.1 Å². The molecule has 0 amide bonds. The summed E-state index contributed by atoms with van der Waals surface area (Å²) < 4.78 is 66.2. The average molecular weight is 429 g/mol. The maximum absolute atomic E-state index is 15.0. The van der Waals surface area contributed by atoms with Gasteiger partial charge in [-0.25, -0.2) is 25.9 Å². The Labute approximate surface area is 166 Å². The van der Waals surface area contributed by atoms with Gasteiger partial charge in [-0.1, -0.05) is 36.4 Å². The number of anilines is 1. The fourth-order valence-corrected chi connectivity index (χ4v) is 3.85. The molecule has 0 fully saturated rings. The van der Waals surface area contributed by atoms with Crippen LogP contribution in [0.5, 0.6) is 0 Å². The highest BCUT2D eigenvalue weighted by molar-refractivity contribution is 7.92. The highest BCUT2D eigenvalue weighted by atomic mass is 32.2. The summed E-state index contributed by atoms with van der Waals surface area (Å²) in [6.45, 7) is 4.01. The Bertz CT molecular complexity index is 1030. The van der Waals surface area contributed by atoms with Crippen LogP contribution < -0.4 is 9.44 Å². The Hall–Kier alpha value is -1.97. The fourth-order valence-electron chi connectivity index (χ4n) is 2.49. The van der Waals surface area contributed by atoms with E-state index >= 15 is 0 Å². The van der Waals surface area contributed by atoms with Crippen molar-refractivity contribution in [1.29, 1.82) is 0 Å². The van der Waals surface area contributed by atoms with Crippen molar-refractivity contribution in [2.24, 2.45) is 0 Å². The van der Waals surface area contributed by atoms with Gasteiger partial charge in [0.05, 0.1) is 11.5 Å². The third kappa shape index (κ3) is 6.02. The van der Waals surface area contributed by atoms with E-state index in [1.54, 1.807) is 42.5 Å². The molecule has 2 rings (SSSR count). The monoisotopic (exact) mass is 428 g/mol. The Balaban J connectivity index is 2.20. The zero-order chi connectivity index (χ0) is 21.2. The van der Waals surface area contributed by atoms with E-state index in [2.05, 4.69) is 9.44 Å². The molecule has 154 valence electrons. The van der Waals surface area contributed by atoms with Crippen molar-refractivity contribution >= 4 is 25.7 Å². The second-order valence-corrected chi connectivity index (χ2v) is 11.2. The van der Waals surface area contributed by atoms with E-state index < -0.39 is 31.0 Å². The molecule has 6 nitrogen and oxygen atoms in total. The maximum atomic E-state index is 15.0. The SMILES string of the molecule is CC(C)S(=O)(=O)NC[C@@](C)(F)c1ccc(-c2cccc(NS(C)(=O)=O)c2)cc1. The predicted molar refractivity (Wildman–Crippen MR) is 111 cm³/mol. The zero-order valence-electron chi connectivity index (χ0n) is 16.2. The van der Waals surface area contributed by atoms with Crippen LogP contribution in [0.15, 0.2) is 48.5 Å². The Kier molecular flexibility index (Phi) is 6.52. The van der Waals surface area contributed by atoms with Gasteiger partial charge in [0.25, 0.3) is 0 Å². The van der Waals surface area contributed by atoms with Crippen LogP contribution in [0.2, 0.25) is 0 Å². The van der Waals surface area contributed by atoms with E-state index in [0.29, 0.717) is 11.3 Å². The number of nitrogens with one attached hydrogen (secondary N) is 2. The number of hydrogen-bond donors (Lipinski definition) is 2. The number of hydrogen-bond acceptors (Lipinski definition) is 4. The minimum atomic E-state index is -3.56. The van der Waals surface area contributed by atoms with E-state index in [1.807, 2.05) is 6.07 Å². The van der Waals surface area contributed by atoms with Crippen molar-refractivity contribution in [3.63, 3.8) is 0 Å². The summed E-state index contributed by atoms with van der Waals surface area (Å²) in [6, 6.07) is 13.5. The van der Waals surface area contributed by atoms with E-state index in [9.17, 15) is 21.2 Å². The van der Waals surface area contributed by atoms with Gasteiger partial charge in [0.15, 0.2) is 0 Å². The summed E-state index contributed by atoms with van der Waals surface area (Å²) in [5, 5.41) is -0.640. The molecular weight excluding hydrogens is 403 g/mol. The first kappa shape index (κ1) is 22.3. The largest absolute Gasteiger partial charge is 0.284 e. The van der Waals surface area contributed by atoms with Gasteiger partial charge >= 0.3 is 0 Å². The van der Waals surface area contributed by atoms with Crippen LogP contribution >= 0.6 is 0 Å². The fraction of sp³-hybridized carbons (Fsp3) is 0.368. The molecule has 0 aliphatic heterocycles. The number of sulfonamides is 2. The van der Waals surface area contributed by atoms with Crippen LogP contribution in [0.3, 0.4) is 0 Å². The molecule has 0 saturated carbocycles. The van der Waals surface area contributed by atoms with Crippen molar-refractivity contribution in [2.45, 2.75) is 31.7 Å². The smallest absolute Gasteiger partial charge is 0.229 e. The molecule has 0 saturated heterocycles. The Morgan fingerprint density at radius 2 is 1.61 bits per heavy atom. The topological polar surface area (TPSA) is 92.3 Å². The van der Waals surface area contributed by atoms with Gasteiger partial charge in [-0.3, -0.25) is 4.72 Å². The van der Waals surface area contributed by atoms with Gasteiger partial charge in [0, 0.05) is 12.2 Å². The molecule has 0 radical (unpaired) electrons. The van der Waals surface area contributed by atoms with Crippen molar-refractivity contribution in [3.8, 4) is 11.1 Å². The van der Waals surface area contributed by atoms with Gasteiger partial charge in [0.1, 0.15) is 5.67 Å². The van der Waals surface area contributed by atoms with Crippen molar-refractivity contribution in [2.75, 3.05) is 17.5 Å². The van der Waals surface area contributed by atoms with E-state index in [4.69, 9.17) is 0 Å². The first-order valence-electron chi connectivity index (χ1n) is 8.66. The lowest BCUT2D eigenvalue weighted by molar-refractivity contribution is 0.196. The first-order valence-corrected chi connectivity index (χ1v) is 12.1. The summed E-state index contributed by atoms with van der Waals surface area (Å²) in [5.41, 5.74) is 0.441. The molecular formula is C19H25FN2O4S2. The standard InChI is InChI=1S/C19H25FN2O4S2/c1-14(2)28(25,26)21-13-19(3,20)17-10-8-15(9-11-17)16-6-5-7-18(12-16)22-27(4,23)24/h5-12,14,21-22H,13H2,1-4H3/t19-/m1/s1. The van der Waals surface area contributed by atoms with Gasteiger partial charge in [-0.2, -0.15) is 0 Å². The highest BCUT2D eigenvalue weighted by Gasteiger charge is 2.29. The van der Waals surface area contributed by atoms with E-state index in [0.717, 1.165) is 17.4 Å². The number of rotatable bonds is 8. The summed E-state index contributed by atoms with van der Waals surface area (Å²) in [6.07, 6.45) is 1.07. The Morgan fingerprint density at radius 3 is 2.14 bits per heavy atom. The molecule has 0 aromatic heterocycles. The molecule has 1 atom stereocenters. The molecule has 0 spiro atoms. The van der Waals surface area contributed by atoms with Crippen LogP contribution in [-0.4, -0.2) is 34.9 Å². The average Bonchev–Trinajstić information content (AvgIpc) is 2.59. The molecule has 2 aromatic rings. The molecule has 28 heavy (non-hydrogen) atoms. The molecule has 0 heterocycles. The molecule has 0 unspecified atom stereocenters. The lowest BCUT2D eigenvalue weighted by Crippen LogP contribution is -2.39. The van der Waals surface area contributed by atoms with Gasteiger partial charge in [0.2, 0.25) is 20.0 Å². The van der Waals surface area contributed by atoms with Gasteiger partial charge in [-0.15, -0.1) is 0 Å². The second-order valence-electron chi connectivity index (χ2n) is 7.14. The number of benzene rings is 2. The second kappa shape index (κ2) is 8.18. The number of halogens is 1. The molecule has 0 aliphatic carbocycles. The van der Waals surface area contributed by atoms with Crippen LogP contribution in [0.1, 0.15) is 26.3 Å². The van der Waals surface area contributed by atoms with Crippen LogP contribution in [0, 0.1) is 0 Å². The van der Waals surface area contributed by atoms with Crippen molar-refractivity contribution < 1.29 is 21.2 Å². The summed E-state index contributed by atoms with van der Waals surface area (Å²) in [4.78, 5) is 0. The minimum Gasteiger partial charge on any atom is -0.284 e. The Morgan fingerprint density at radius 1 is 1.00 bits per heavy atom. The molecule has 0 aliphatic rings. The summed E-state index contributed by atoms with van der Waals surface area (Å²) >= 11 is 0. The maximum Gasteiger partial charge on any atom is 0.229 e. The van der Waals surface area contributed by atoms with Crippen LogP contribution in [0.4, 0.5) is 10.1 Å². The van der Waals surface area contributed by atoms with E-state index in [-0.39, 0.29) is 6.54 Å². The highest BCUT2D eigenvalue weighted by Crippen LogP contribution is 2.29. The van der Waals surface area contributed by atoms with Crippen LogP contribution in [0.25, 0.3) is 11.1 Å². The lowest BCUT2D eigenvalue weighted by atomic mass is 9.95. The lowest BCUT2D eigenvalue weighted by Gasteiger charge is -2.22. The van der Waals surface area contributed by atoms with Crippen LogP contribution in [-0.2, 0) is 25.7 Å². The number of alkyl halides is 1. The third-order valence-electron chi connectivity index (χ3n) is 4.21. The minimum absolute atomic E-state index is 0.341. The summed E-state index contributed by atoms with van der Waals surface area (Å²) in [5.74, 6) is 0. The molecule has 0 bridgehead atoms. The van der Waals surface area contributed by atoms with Gasteiger partial charge in [-0.05, 0) is 49.6 Å². The third-order valence-corrected chi connectivity index (χ3v) is 6.61. The van der Waals surface area contributed by atoms with Crippen molar-refractivity contribution in [1.82, 2.24) is 4.72 Å². The first-order chi connectivity index (χ1) is 12.8. The van der Waals surface area contributed by atoms with E-state index in [1.165, 1.54) is 20.8 Å². The normalized spacial score (nSPS) is 14.6. The molecule has 9 heteroatoms. The predicted octanol–water partition coefficient (Wildman–Crippen LogP) is 3.24. The summed E-state index contributed by atoms with van der Waals surface area (Å²) in [7, 11) is -6.94. The van der Waals surface area contributed by atoms with Gasteiger partial charge < -0.3 is 0 Å². The molecule has 2 aromatic carbocycles. The quantitative estimate of drug-likeness (QED) is 0.675. The zero-order valence-corrected chi connectivity index (χ0v) is 17.9. The molecule has 2 N–H and O–H groups in total.